The van der Waals surface area contributed by atoms with Crippen molar-refractivity contribution >= 4 is 0 Å². The van der Waals surface area contributed by atoms with Gasteiger partial charge in [0.15, 0.2) is 0 Å². The van der Waals surface area contributed by atoms with Crippen molar-refractivity contribution in [1.29, 1.82) is 0 Å². The first-order chi connectivity index (χ1) is 6.04. The fraction of sp³-hybridized carbons (Fsp3) is 0.857. The van der Waals surface area contributed by atoms with Gasteiger partial charge in [0.25, 0.3) is 0 Å². The van der Waals surface area contributed by atoms with Crippen LogP contribution in [0.25, 0.3) is 0 Å². The molecule has 0 rings (SSSR count). The number of rotatable bonds is 4. The zero-order valence-corrected chi connectivity index (χ0v) is 11.2. The summed E-state index contributed by atoms with van der Waals surface area (Å²) in [6, 6.07) is 0. The lowest BCUT2D eigenvalue weighted by molar-refractivity contribution is 0.244. The predicted octanol–water partition coefficient (Wildman–Crippen LogP) is 5.05. The van der Waals surface area contributed by atoms with Crippen LogP contribution in [0, 0.1) is 16.7 Å². The van der Waals surface area contributed by atoms with Crippen molar-refractivity contribution in [1.82, 2.24) is 0 Å². The Morgan fingerprint density at radius 1 is 1.07 bits per heavy atom. The molecule has 0 nitrogen and oxygen atoms in total. The van der Waals surface area contributed by atoms with Crippen LogP contribution in [0.1, 0.15) is 61.3 Å². The minimum atomic E-state index is 0.296. The second kappa shape index (κ2) is 4.51. The number of hydrogen-bond acceptors (Lipinski definition) is 0. The monoisotopic (exact) mass is 196 g/mol. The van der Waals surface area contributed by atoms with Gasteiger partial charge in [-0.05, 0) is 36.5 Å². The summed E-state index contributed by atoms with van der Waals surface area (Å²) < 4.78 is 0. The smallest absolute Gasteiger partial charge is 0.0148 e. The zero-order chi connectivity index (χ0) is 11.6. The molecule has 84 valence electrons. The molecule has 0 heterocycles. The third kappa shape index (κ3) is 5.47. The van der Waals surface area contributed by atoms with Crippen LogP contribution in [0.2, 0.25) is 0 Å². The third-order valence-corrected chi connectivity index (χ3v) is 2.97. The molecular weight excluding hydrogens is 168 g/mol. The summed E-state index contributed by atoms with van der Waals surface area (Å²) in [7, 11) is 0. The van der Waals surface area contributed by atoms with E-state index in [4.69, 9.17) is 0 Å². The van der Waals surface area contributed by atoms with E-state index in [0.717, 1.165) is 5.92 Å². The lowest BCUT2D eigenvalue weighted by Crippen LogP contribution is -2.20. The van der Waals surface area contributed by atoms with E-state index in [9.17, 15) is 0 Å². The third-order valence-electron chi connectivity index (χ3n) is 2.97. The highest BCUT2D eigenvalue weighted by atomic mass is 14.3. The summed E-state index contributed by atoms with van der Waals surface area (Å²) in [5.74, 6) is 0.779. The summed E-state index contributed by atoms with van der Waals surface area (Å²) in [4.78, 5) is 0. The molecule has 0 aliphatic heterocycles. The molecule has 1 unspecified atom stereocenters. The molecule has 0 spiro atoms. The van der Waals surface area contributed by atoms with Gasteiger partial charge in [0, 0.05) is 0 Å². The minimum Gasteiger partial charge on any atom is -0.0996 e. The SMILES string of the molecule is C=C(C)C(C)(C)CC(C)CC(C)(C)C. The zero-order valence-electron chi connectivity index (χ0n) is 11.2. The maximum atomic E-state index is 4.08. The average Bonchev–Trinajstić information content (AvgIpc) is 1.79. The van der Waals surface area contributed by atoms with Gasteiger partial charge in [0.1, 0.15) is 0 Å². The van der Waals surface area contributed by atoms with Crippen molar-refractivity contribution < 1.29 is 0 Å². The molecule has 0 saturated heterocycles. The first-order valence-corrected chi connectivity index (χ1v) is 5.70. The van der Waals surface area contributed by atoms with Gasteiger partial charge in [-0.2, -0.15) is 0 Å². The van der Waals surface area contributed by atoms with E-state index in [1.807, 2.05) is 0 Å². The van der Waals surface area contributed by atoms with E-state index >= 15 is 0 Å². The van der Waals surface area contributed by atoms with Crippen LogP contribution >= 0.6 is 0 Å². The molecule has 1 atom stereocenters. The van der Waals surface area contributed by atoms with Crippen LogP contribution in [0.3, 0.4) is 0 Å². The highest BCUT2D eigenvalue weighted by Crippen LogP contribution is 2.36. The molecule has 14 heavy (non-hydrogen) atoms. The van der Waals surface area contributed by atoms with Crippen molar-refractivity contribution in [3.8, 4) is 0 Å². The summed E-state index contributed by atoms with van der Waals surface area (Å²) in [5.41, 5.74) is 2.05. The summed E-state index contributed by atoms with van der Waals surface area (Å²) in [6.45, 7) is 20.1. The molecule has 0 fully saturated rings. The maximum absolute atomic E-state index is 4.08. The topological polar surface area (TPSA) is 0 Å². The van der Waals surface area contributed by atoms with Crippen LogP contribution in [0.4, 0.5) is 0 Å². The minimum absolute atomic E-state index is 0.296. The first kappa shape index (κ1) is 13.7. The molecular formula is C14H28. The molecule has 0 aliphatic rings. The largest absolute Gasteiger partial charge is 0.0996 e. The van der Waals surface area contributed by atoms with Crippen LogP contribution in [-0.4, -0.2) is 0 Å². The van der Waals surface area contributed by atoms with Crippen molar-refractivity contribution in [2.24, 2.45) is 16.7 Å². The van der Waals surface area contributed by atoms with E-state index in [0.29, 0.717) is 10.8 Å². The molecule has 0 aromatic rings. The Labute approximate surface area is 90.8 Å². The van der Waals surface area contributed by atoms with Crippen LogP contribution < -0.4 is 0 Å². The Hall–Kier alpha value is -0.260. The molecule has 0 aliphatic carbocycles. The van der Waals surface area contributed by atoms with Gasteiger partial charge in [-0.3, -0.25) is 0 Å². The Bertz CT molecular complexity index is 191. The first-order valence-electron chi connectivity index (χ1n) is 5.70. The molecule has 0 amide bonds. The van der Waals surface area contributed by atoms with Crippen LogP contribution in [0.5, 0.6) is 0 Å². The molecule has 0 saturated carbocycles. The Balaban J connectivity index is 4.19. The van der Waals surface area contributed by atoms with E-state index in [1.54, 1.807) is 0 Å². The number of hydrogen-bond donors (Lipinski definition) is 0. The molecule has 0 aromatic carbocycles. The Kier molecular flexibility index (Phi) is 4.42. The van der Waals surface area contributed by atoms with Gasteiger partial charge in [-0.15, -0.1) is 0 Å². The normalized spacial score (nSPS) is 15.4. The maximum Gasteiger partial charge on any atom is -0.0148 e. The van der Waals surface area contributed by atoms with Gasteiger partial charge in [0.2, 0.25) is 0 Å². The van der Waals surface area contributed by atoms with E-state index in [2.05, 4.69) is 55.0 Å². The fourth-order valence-electron chi connectivity index (χ4n) is 2.16. The number of allylic oxidation sites excluding steroid dienone is 1. The van der Waals surface area contributed by atoms with Gasteiger partial charge >= 0.3 is 0 Å². The molecule has 0 bridgehead atoms. The Morgan fingerprint density at radius 2 is 1.50 bits per heavy atom. The van der Waals surface area contributed by atoms with E-state index < -0.39 is 0 Å². The lowest BCUT2D eigenvalue weighted by atomic mass is 9.74. The van der Waals surface area contributed by atoms with Gasteiger partial charge in [-0.1, -0.05) is 53.7 Å². The lowest BCUT2D eigenvalue weighted by Gasteiger charge is -2.31. The fourth-order valence-corrected chi connectivity index (χ4v) is 2.16. The Morgan fingerprint density at radius 3 is 1.79 bits per heavy atom. The highest BCUT2D eigenvalue weighted by molar-refractivity contribution is 5.03. The second-order valence-electron chi connectivity index (χ2n) is 6.74. The summed E-state index contributed by atoms with van der Waals surface area (Å²) in [5, 5.41) is 0. The van der Waals surface area contributed by atoms with Gasteiger partial charge in [-0.25, -0.2) is 0 Å². The van der Waals surface area contributed by atoms with Gasteiger partial charge in [0.05, 0.1) is 0 Å². The average molecular weight is 196 g/mol. The van der Waals surface area contributed by atoms with Crippen molar-refractivity contribution in [3.63, 3.8) is 0 Å². The van der Waals surface area contributed by atoms with Crippen LogP contribution in [0.15, 0.2) is 12.2 Å². The second-order valence-corrected chi connectivity index (χ2v) is 6.74. The highest BCUT2D eigenvalue weighted by Gasteiger charge is 2.24. The quantitative estimate of drug-likeness (QED) is 0.552. The van der Waals surface area contributed by atoms with Crippen LogP contribution in [-0.2, 0) is 0 Å². The van der Waals surface area contributed by atoms with E-state index in [-0.39, 0.29) is 0 Å². The summed E-state index contributed by atoms with van der Waals surface area (Å²) in [6.07, 6.45) is 2.54. The molecule has 0 aromatic heterocycles. The standard InChI is InChI=1S/C14H28/c1-11(2)14(7,8)10-12(3)9-13(4,5)6/h12H,1,9-10H2,2-8H3. The van der Waals surface area contributed by atoms with Crippen molar-refractivity contribution in [3.05, 3.63) is 12.2 Å². The molecule has 0 radical (unpaired) electrons. The summed E-state index contributed by atoms with van der Waals surface area (Å²) >= 11 is 0. The van der Waals surface area contributed by atoms with E-state index in [1.165, 1.54) is 18.4 Å². The van der Waals surface area contributed by atoms with Crippen molar-refractivity contribution in [2.45, 2.75) is 61.3 Å². The van der Waals surface area contributed by atoms with Gasteiger partial charge < -0.3 is 0 Å². The predicted molar refractivity (Wildman–Crippen MR) is 66.4 cm³/mol. The van der Waals surface area contributed by atoms with Crippen molar-refractivity contribution in [2.75, 3.05) is 0 Å². The molecule has 0 N–H and O–H groups in total. The molecule has 0 heteroatoms.